The molecule has 6 heteroatoms. The molecule has 1 spiro atoms. The number of ether oxygens (including phenoxy) is 2. The van der Waals surface area contributed by atoms with Crippen molar-refractivity contribution in [1.82, 2.24) is 4.90 Å². The molecule has 1 aromatic rings. The number of aliphatic hydroxyl groups excluding tert-OH is 1. The number of likely N-dealkylation sites (tertiary alicyclic amines) is 1. The van der Waals surface area contributed by atoms with E-state index < -0.39 is 11.7 Å². The van der Waals surface area contributed by atoms with Crippen LogP contribution < -0.4 is 10.1 Å². The number of benzene rings is 1. The number of nitrogens with zero attached hydrogens (tertiary/aromatic N) is 1. The zero-order valence-corrected chi connectivity index (χ0v) is 14.4. The third-order valence-electron chi connectivity index (χ3n) is 4.95. The van der Waals surface area contributed by atoms with Crippen molar-refractivity contribution in [3.8, 4) is 5.75 Å². The van der Waals surface area contributed by atoms with Crippen molar-refractivity contribution < 1.29 is 19.4 Å². The fraction of sp³-hybridized carbons (Fsp3) is 0.611. The minimum Gasteiger partial charge on any atom is -0.495 e. The lowest BCUT2D eigenvalue weighted by molar-refractivity contribution is -0.137. The maximum atomic E-state index is 12.4. The topological polar surface area (TPSA) is 71.0 Å². The molecular formula is C18H26N2O4. The molecule has 2 fully saturated rings. The Balaban J connectivity index is 1.62. The number of amides is 1. The van der Waals surface area contributed by atoms with Crippen LogP contribution in [0.4, 0.5) is 5.69 Å². The van der Waals surface area contributed by atoms with E-state index in [2.05, 4.69) is 10.2 Å². The molecule has 2 aliphatic rings. The molecule has 1 aromatic carbocycles. The Hall–Kier alpha value is -1.63. The molecule has 132 valence electrons. The predicted octanol–water partition coefficient (Wildman–Crippen LogP) is 1.56. The average molecular weight is 334 g/mol. The van der Waals surface area contributed by atoms with E-state index in [1.54, 1.807) is 7.11 Å². The number of anilines is 1. The molecular weight excluding hydrogens is 308 g/mol. The zero-order chi connectivity index (χ0) is 17.2. The number of aryl methyl sites for hydroxylation is 1. The molecule has 0 unspecified atom stereocenters. The first kappa shape index (κ1) is 17.2. The molecule has 0 radical (unpaired) electrons. The number of hydrogen-bond donors (Lipinski definition) is 2. The van der Waals surface area contributed by atoms with Gasteiger partial charge in [0.05, 0.1) is 25.4 Å². The summed E-state index contributed by atoms with van der Waals surface area (Å²) in [5, 5.41) is 13.2. The van der Waals surface area contributed by atoms with Gasteiger partial charge in [-0.1, -0.05) is 6.07 Å². The number of carbonyl (C=O) groups excluding carboxylic acids is 1. The highest BCUT2D eigenvalue weighted by Crippen LogP contribution is 2.34. The molecule has 6 nitrogen and oxygen atoms in total. The van der Waals surface area contributed by atoms with Crippen molar-refractivity contribution in [2.45, 2.75) is 37.9 Å². The summed E-state index contributed by atoms with van der Waals surface area (Å²) >= 11 is 0. The Labute approximate surface area is 142 Å². The Morgan fingerprint density at radius 3 is 3.08 bits per heavy atom. The lowest BCUT2D eigenvalue weighted by atomic mass is 9.87. The van der Waals surface area contributed by atoms with Gasteiger partial charge in [0.15, 0.2) is 0 Å². The van der Waals surface area contributed by atoms with Crippen molar-refractivity contribution in [1.29, 1.82) is 0 Å². The Morgan fingerprint density at radius 2 is 2.38 bits per heavy atom. The second kappa shape index (κ2) is 7.09. The number of carbonyl (C=O) groups is 1. The summed E-state index contributed by atoms with van der Waals surface area (Å²) in [6, 6.07) is 5.70. The number of hydrogen-bond acceptors (Lipinski definition) is 5. The molecule has 0 aromatic heterocycles. The number of piperidine rings is 1. The van der Waals surface area contributed by atoms with E-state index in [0.29, 0.717) is 37.6 Å². The molecule has 2 aliphatic heterocycles. The lowest BCUT2D eigenvalue weighted by Crippen LogP contribution is -2.57. The van der Waals surface area contributed by atoms with E-state index in [9.17, 15) is 9.90 Å². The summed E-state index contributed by atoms with van der Waals surface area (Å²) in [4.78, 5) is 14.5. The van der Waals surface area contributed by atoms with Crippen LogP contribution in [0.15, 0.2) is 18.2 Å². The minimum atomic E-state index is -0.487. The molecule has 3 rings (SSSR count). The van der Waals surface area contributed by atoms with Gasteiger partial charge < -0.3 is 19.9 Å². The first-order valence-electron chi connectivity index (χ1n) is 8.51. The lowest BCUT2D eigenvalue weighted by Gasteiger charge is -2.42. The molecule has 2 N–H and O–H groups in total. The van der Waals surface area contributed by atoms with Gasteiger partial charge in [-0.15, -0.1) is 0 Å². The molecule has 24 heavy (non-hydrogen) atoms. The second-order valence-electron chi connectivity index (χ2n) is 6.78. The van der Waals surface area contributed by atoms with E-state index in [0.717, 1.165) is 18.4 Å². The number of rotatable bonds is 4. The molecule has 1 amide bonds. The van der Waals surface area contributed by atoms with Crippen LogP contribution in [0.25, 0.3) is 0 Å². The normalized spacial score (nSPS) is 27.4. The van der Waals surface area contributed by atoms with Gasteiger partial charge in [-0.05, 0) is 43.9 Å². The maximum Gasteiger partial charge on any atom is 0.238 e. The Bertz CT molecular complexity index is 599. The highest BCUT2D eigenvalue weighted by Gasteiger charge is 2.46. The fourth-order valence-electron chi connectivity index (χ4n) is 3.68. The van der Waals surface area contributed by atoms with E-state index >= 15 is 0 Å². The quantitative estimate of drug-likeness (QED) is 0.874. The summed E-state index contributed by atoms with van der Waals surface area (Å²) in [5.41, 5.74) is 1.26. The van der Waals surface area contributed by atoms with Crippen molar-refractivity contribution in [3.63, 3.8) is 0 Å². The standard InChI is InChI=1S/C18H26N2O4/c1-13-4-5-15(23-2)14(10-13)19-17(22)11-20-8-6-16(21)18(12-20)7-3-9-24-18/h4-5,10,16,21H,3,6-9,11-12H2,1-2H3,(H,19,22)/t16-,18-/m0/s1. The zero-order valence-electron chi connectivity index (χ0n) is 14.4. The van der Waals surface area contributed by atoms with Gasteiger partial charge in [0.2, 0.25) is 5.91 Å². The van der Waals surface area contributed by atoms with Crippen LogP contribution in [0.2, 0.25) is 0 Å². The van der Waals surface area contributed by atoms with Crippen molar-refractivity contribution in [2.75, 3.05) is 38.7 Å². The largest absolute Gasteiger partial charge is 0.495 e. The number of nitrogens with one attached hydrogen (secondary N) is 1. The van der Waals surface area contributed by atoms with Crippen LogP contribution in [-0.4, -0.2) is 61.0 Å². The van der Waals surface area contributed by atoms with Crippen LogP contribution in [0.3, 0.4) is 0 Å². The molecule has 2 heterocycles. The molecule has 0 saturated carbocycles. The van der Waals surface area contributed by atoms with Gasteiger partial charge in [0.25, 0.3) is 0 Å². The average Bonchev–Trinajstić information content (AvgIpc) is 3.00. The van der Waals surface area contributed by atoms with Crippen LogP contribution in [-0.2, 0) is 9.53 Å². The molecule has 2 atom stereocenters. The molecule has 2 saturated heterocycles. The third-order valence-corrected chi connectivity index (χ3v) is 4.95. The molecule has 0 bridgehead atoms. The van der Waals surface area contributed by atoms with Crippen LogP contribution in [0.5, 0.6) is 5.75 Å². The summed E-state index contributed by atoms with van der Waals surface area (Å²) in [7, 11) is 1.59. The Morgan fingerprint density at radius 1 is 1.54 bits per heavy atom. The van der Waals surface area contributed by atoms with E-state index in [4.69, 9.17) is 9.47 Å². The maximum absolute atomic E-state index is 12.4. The van der Waals surface area contributed by atoms with E-state index in [-0.39, 0.29) is 12.5 Å². The summed E-state index contributed by atoms with van der Waals surface area (Å²) in [6.07, 6.45) is 2.03. The Kier molecular flexibility index (Phi) is 5.08. The van der Waals surface area contributed by atoms with Gasteiger partial charge in [0, 0.05) is 19.7 Å². The van der Waals surface area contributed by atoms with Gasteiger partial charge in [-0.2, -0.15) is 0 Å². The van der Waals surface area contributed by atoms with Gasteiger partial charge in [-0.3, -0.25) is 9.69 Å². The van der Waals surface area contributed by atoms with Crippen LogP contribution in [0.1, 0.15) is 24.8 Å². The smallest absolute Gasteiger partial charge is 0.238 e. The first-order chi connectivity index (χ1) is 11.5. The highest BCUT2D eigenvalue weighted by molar-refractivity contribution is 5.93. The summed E-state index contributed by atoms with van der Waals surface area (Å²) in [6.45, 7) is 4.26. The van der Waals surface area contributed by atoms with Crippen molar-refractivity contribution in [3.05, 3.63) is 23.8 Å². The number of methoxy groups -OCH3 is 1. The first-order valence-corrected chi connectivity index (χ1v) is 8.51. The van der Waals surface area contributed by atoms with Crippen molar-refractivity contribution in [2.24, 2.45) is 0 Å². The summed E-state index contributed by atoms with van der Waals surface area (Å²) < 4.78 is 11.1. The third kappa shape index (κ3) is 3.55. The second-order valence-corrected chi connectivity index (χ2v) is 6.78. The van der Waals surface area contributed by atoms with Crippen LogP contribution in [0, 0.1) is 6.92 Å². The minimum absolute atomic E-state index is 0.0802. The monoisotopic (exact) mass is 334 g/mol. The van der Waals surface area contributed by atoms with E-state index in [1.165, 1.54) is 0 Å². The van der Waals surface area contributed by atoms with Gasteiger partial charge in [-0.25, -0.2) is 0 Å². The van der Waals surface area contributed by atoms with E-state index in [1.807, 2.05) is 25.1 Å². The van der Waals surface area contributed by atoms with Gasteiger partial charge in [0.1, 0.15) is 11.4 Å². The van der Waals surface area contributed by atoms with Crippen LogP contribution >= 0.6 is 0 Å². The fourth-order valence-corrected chi connectivity index (χ4v) is 3.68. The summed E-state index contributed by atoms with van der Waals surface area (Å²) in [5.74, 6) is 0.571. The van der Waals surface area contributed by atoms with Crippen molar-refractivity contribution >= 4 is 11.6 Å². The highest BCUT2D eigenvalue weighted by atomic mass is 16.5. The predicted molar refractivity (Wildman–Crippen MR) is 91.3 cm³/mol. The SMILES string of the molecule is COc1ccc(C)cc1NC(=O)CN1CC[C@H](O)[C@]2(CCCO2)C1. The van der Waals surface area contributed by atoms with Gasteiger partial charge >= 0.3 is 0 Å². The molecule has 0 aliphatic carbocycles. The number of aliphatic hydroxyl groups is 1.